The van der Waals surface area contributed by atoms with E-state index < -0.39 is 16.0 Å². The number of hydrogen-bond acceptors (Lipinski definition) is 6. The summed E-state index contributed by atoms with van der Waals surface area (Å²) in [6.45, 7) is 1.42. The molecule has 130 valence electrons. The topological polar surface area (TPSA) is 84.9 Å². The van der Waals surface area contributed by atoms with Crippen molar-refractivity contribution in [3.8, 4) is 5.75 Å². The summed E-state index contributed by atoms with van der Waals surface area (Å²) in [7, 11) is 0.490. The van der Waals surface area contributed by atoms with Gasteiger partial charge in [-0.2, -0.15) is 4.31 Å². The van der Waals surface area contributed by atoms with Crippen LogP contribution >= 0.6 is 12.4 Å². The van der Waals surface area contributed by atoms with E-state index in [2.05, 4.69) is 10.1 Å². The van der Waals surface area contributed by atoms with E-state index in [9.17, 15) is 13.2 Å². The molecule has 0 aliphatic carbocycles. The Morgan fingerprint density at radius 2 is 2.04 bits per heavy atom. The molecule has 9 heteroatoms. The highest BCUT2D eigenvalue weighted by Crippen LogP contribution is 2.29. The Morgan fingerprint density at radius 3 is 2.57 bits per heavy atom. The maximum absolute atomic E-state index is 12.8. The Balaban J connectivity index is 0.00000264. The summed E-state index contributed by atoms with van der Waals surface area (Å²) in [4.78, 5) is 11.6. The second kappa shape index (κ2) is 7.96. The van der Waals surface area contributed by atoms with Crippen LogP contribution in [0.3, 0.4) is 0 Å². The Bertz CT molecular complexity index is 659. The summed E-state index contributed by atoms with van der Waals surface area (Å²) in [5.74, 6) is -0.420. The van der Waals surface area contributed by atoms with Crippen molar-refractivity contribution in [3.05, 3.63) is 23.8 Å². The Hall–Kier alpha value is -1.35. The van der Waals surface area contributed by atoms with Crippen molar-refractivity contribution >= 4 is 28.4 Å². The van der Waals surface area contributed by atoms with Crippen LogP contribution in [0.25, 0.3) is 0 Å². The number of carbonyl (C=O) groups is 1. The molecule has 2 rings (SSSR count). The Labute approximate surface area is 142 Å². The third-order valence-electron chi connectivity index (χ3n) is 3.79. The van der Waals surface area contributed by atoms with Crippen molar-refractivity contribution in [3.63, 3.8) is 0 Å². The number of methoxy groups -OCH3 is 2. The minimum Gasteiger partial charge on any atom is -0.495 e. The smallest absolute Gasteiger partial charge is 0.337 e. The molecular formula is C14H21ClN2O5S. The summed E-state index contributed by atoms with van der Waals surface area (Å²) in [6, 6.07) is 4.08. The van der Waals surface area contributed by atoms with Gasteiger partial charge in [-0.3, -0.25) is 0 Å². The number of hydrogen-bond donors (Lipinski definition) is 1. The number of likely N-dealkylation sites (N-methyl/N-ethyl adjacent to an activating group) is 1. The van der Waals surface area contributed by atoms with Crippen LogP contribution in [0.4, 0.5) is 0 Å². The van der Waals surface area contributed by atoms with E-state index in [0.717, 1.165) is 13.0 Å². The predicted molar refractivity (Wildman–Crippen MR) is 87.8 cm³/mol. The fraction of sp³-hybridized carbons (Fsp3) is 0.500. The van der Waals surface area contributed by atoms with Crippen molar-refractivity contribution in [1.82, 2.24) is 9.62 Å². The zero-order chi connectivity index (χ0) is 16.3. The number of nitrogens with zero attached hydrogens (tertiary/aromatic N) is 1. The molecule has 1 aromatic carbocycles. The van der Waals surface area contributed by atoms with Crippen LogP contribution in [0.5, 0.6) is 5.75 Å². The quantitative estimate of drug-likeness (QED) is 0.781. The molecule has 0 aromatic heterocycles. The van der Waals surface area contributed by atoms with Gasteiger partial charge >= 0.3 is 5.97 Å². The second-order valence-electron chi connectivity index (χ2n) is 5.03. The van der Waals surface area contributed by atoms with E-state index >= 15 is 0 Å². The zero-order valence-electron chi connectivity index (χ0n) is 13.2. The number of carbonyl (C=O) groups excluding carboxylic acids is 1. The lowest BCUT2D eigenvalue weighted by Gasteiger charge is -2.24. The highest BCUT2D eigenvalue weighted by atomic mass is 35.5. The largest absolute Gasteiger partial charge is 0.495 e. The summed E-state index contributed by atoms with van der Waals surface area (Å²) < 4.78 is 36.6. The molecule has 0 amide bonds. The van der Waals surface area contributed by atoms with Crippen LogP contribution < -0.4 is 10.1 Å². The Kier molecular flexibility index (Phi) is 6.82. The first-order valence-corrected chi connectivity index (χ1v) is 8.31. The van der Waals surface area contributed by atoms with Gasteiger partial charge < -0.3 is 14.8 Å². The van der Waals surface area contributed by atoms with E-state index in [1.165, 1.54) is 36.7 Å². The summed E-state index contributed by atoms with van der Waals surface area (Å²) >= 11 is 0. The first kappa shape index (κ1) is 19.7. The first-order chi connectivity index (χ1) is 10.4. The van der Waals surface area contributed by atoms with Crippen LogP contribution in [0.1, 0.15) is 16.8 Å². The third kappa shape index (κ3) is 3.95. The van der Waals surface area contributed by atoms with Gasteiger partial charge in [-0.15, -0.1) is 12.4 Å². The van der Waals surface area contributed by atoms with Crippen LogP contribution in [0.2, 0.25) is 0 Å². The average molecular weight is 365 g/mol. The van der Waals surface area contributed by atoms with Gasteiger partial charge in [0.25, 0.3) is 0 Å². The van der Waals surface area contributed by atoms with Gasteiger partial charge in [0.2, 0.25) is 10.0 Å². The molecule has 0 spiro atoms. The maximum atomic E-state index is 12.8. The van der Waals surface area contributed by atoms with Gasteiger partial charge in [-0.05, 0) is 31.2 Å². The standard InChI is InChI=1S/C14H20N2O5S.ClH/c1-16(11-6-7-15-9-11)22(18,19)13-5-4-10(14(17)21-3)8-12(13)20-2;/h4-5,8,11,15H,6-7,9H2,1-3H3;1H. The van der Waals surface area contributed by atoms with Crippen LogP contribution in [0, 0.1) is 0 Å². The van der Waals surface area contributed by atoms with E-state index in [-0.39, 0.29) is 34.7 Å². The van der Waals surface area contributed by atoms with Crippen molar-refractivity contribution in [2.75, 3.05) is 34.4 Å². The van der Waals surface area contributed by atoms with Gasteiger partial charge in [0.1, 0.15) is 10.6 Å². The molecule has 1 saturated heterocycles. The van der Waals surface area contributed by atoms with Gasteiger partial charge in [0.05, 0.1) is 19.8 Å². The normalized spacial score (nSPS) is 17.7. The van der Waals surface area contributed by atoms with Crippen LogP contribution in [-0.4, -0.2) is 59.1 Å². The highest BCUT2D eigenvalue weighted by molar-refractivity contribution is 7.89. The summed E-state index contributed by atoms with van der Waals surface area (Å²) in [6.07, 6.45) is 0.762. The number of halogens is 1. The lowest BCUT2D eigenvalue weighted by atomic mass is 10.2. The van der Waals surface area contributed by atoms with E-state index in [0.29, 0.717) is 6.54 Å². The molecule has 1 N–H and O–H groups in total. The highest BCUT2D eigenvalue weighted by Gasteiger charge is 2.32. The first-order valence-electron chi connectivity index (χ1n) is 6.87. The van der Waals surface area contributed by atoms with Crippen molar-refractivity contribution in [2.24, 2.45) is 0 Å². The molecule has 1 heterocycles. The molecule has 23 heavy (non-hydrogen) atoms. The molecular weight excluding hydrogens is 344 g/mol. The second-order valence-corrected chi connectivity index (χ2v) is 6.99. The lowest BCUT2D eigenvalue weighted by Crippen LogP contribution is -2.38. The molecule has 1 unspecified atom stereocenters. The number of ether oxygens (including phenoxy) is 2. The van der Waals surface area contributed by atoms with Gasteiger partial charge in [0, 0.05) is 19.6 Å². The minimum absolute atomic E-state index is 0. The molecule has 1 aliphatic heterocycles. The number of rotatable bonds is 5. The van der Waals surface area contributed by atoms with Crippen LogP contribution in [-0.2, 0) is 14.8 Å². The van der Waals surface area contributed by atoms with Crippen molar-refractivity contribution in [2.45, 2.75) is 17.4 Å². The minimum atomic E-state index is -3.70. The van der Waals surface area contributed by atoms with Gasteiger partial charge in [0.15, 0.2) is 0 Å². The van der Waals surface area contributed by atoms with E-state index in [1.807, 2.05) is 0 Å². The number of nitrogens with one attached hydrogen (secondary N) is 1. The molecule has 1 aromatic rings. The fourth-order valence-electron chi connectivity index (χ4n) is 2.43. The van der Waals surface area contributed by atoms with Gasteiger partial charge in [-0.25, -0.2) is 13.2 Å². The molecule has 0 bridgehead atoms. The van der Waals surface area contributed by atoms with E-state index in [1.54, 1.807) is 7.05 Å². The molecule has 1 aliphatic rings. The summed E-state index contributed by atoms with van der Waals surface area (Å²) in [5, 5.41) is 3.14. The maximum Gasteiger partial charge on any atom is 0.337 e. The van der Waals surface area contributed by atoms with Crippen LogP contribution in [0.15, 0.2) is 23.1 Å². The third-order valence-corrected chi connectivity index (χ3v) is 5.74. The van der Waals surface area contributed by atoms with Gasteiger partial charge in [-0.1, -0.05) is 0 Å². The van der Waals surface area contributed by atoms with E-state index in [4.69, 9.17) is 4.74 Å². The van der Waals surface area contributed by atoms with Crippen molar-refractivity contribution in [1.29, 1.82) is 0 Å². The zero-order valence-corrected chi connectivity index (χ0v) is 14.9. The lowest BCUT2D eigenvalue weighted by molar-refractivity contribution is 0.0600. The molecule has 7 nitrogen and oxygen atoms in total. The SMILES string of the molecule is COC(=O)c1ccc(S(=O)(=O)N(C)C2CCNC2)c(OC)c1.Cl. The fourth-order valence-corrected chi connectivity index (χ4v) is 3.95. The van der Waals surface area contributed by atoms with Crippen molar-refractivity contribution < 1.29 is 22.7 Å². The molecule has 0 radical (unpaired) electrons. The summed E-state index contributed by atoms with van der Waals surface area (Å²) in [5.41, 5.74) is 0.239. The number of esters is 1. The molecule has 1 fully saturated rings. The predicted octanol–water partition coefficient (Wildman–Crippen LogP) is 0.886. The Morgan fingerprint density at radius 1 is 1.35 bits per heavy atom. The average Bonchev–Trinajstić information content (AvgIpc) is 3.06. The number of benzene rings is 1. The molecule has 1 atom stereocenters. The number of sulfonamides is 1. The monoisotopic (exact) mass is 364 g/mol. The molecule has 0 saturated carbocycles.